The van der Waals surface area contributed by atoms with E-state index in [2.05, 4.69) is 21.3 Å². The van der Waals surface area contributed by atoms with Gasteiger partial charge in [0, 0.05) is 55.5 Å². The molecule has 35 nitrogen and oxygen atoms in total. The van der Waals surface area contributed by atoms with E-state index in [1.165, 1.54) is 172 Å². The Labute approximate surface area is 740 Å². The Balaban J connectivity index is 0.000000202. The average molecular weight is 1820 g/mol. The zero-order valence-electron chi connectivity index (χ0n) is 79.7. The first-order valence-corrected chi connectivity index (χ1v) is 45.5. The monoisotopic (exact) mass is 1820 g/mol. The summed E-state index contributed by atoms with van der Waals surface area (Å²) in [6.07, 6.45) is 3.53. The summed E-state index contributed by atoms with van der Waals surface area (Å²) < 4.78 is 208. The van der Waals surface area contributed by atoms with E-state index in [0.717, 1.165) is 60.1 Å². The third-order valence-electron chi connectivity index (χ3n) is 18.8. The predicted octanol–water partition coefficient (Wildman–Crippen LogP) is 9.65. The molecule has 39 heteroatoms. The van der Waals surface area contributed by atoms with E-state index >= 15 is 0 Å². The molecule has 126 heavy (non-hydrogen) atoms. The van der Waals surface area contributed by atoms with Gasteiger partial charge < -0.3 is 54.4 Å². The lowest BCUT2D eigenvalue weighted by Crippen LogP contribution is -2.37. The van der Waals surface area contributed by atoms with Crippen molar-refractivity contribution in [2.24, 2.45) is 0 Å². The highest BCUT2D eigenvalue weighted by Gasteiger charge is 2.48. The van der Waals surface area contributed by atoms with Crippen LogP contribution in [-0.4, -0.2) is 220 Å². The minimum Gasteiger partial charge on any atom is -0.496 e. The van der Waals surface area contributed by atoms with Gasteiger partial charge in [0.2, 0.25) is 23.6 Å². The second-order valence-electron chi connectivity index (χ2n) is 28.4. The van der Waals surface area contributed by atoms with E-state index < -0.39 is 171 Å². The first-order chi connectivity index (χ1) is 62.3. The highest BCUT2D eigenvalue weighted by Crippen LogP contribution is 2.44. The van der Waals surface area contributed by atoms with Gasteiger partial charge in [-0.2, -0.15) is 0 Å². The number of rotatable bonds is 30. The van der Waals surface area contributed by atoms with E-state index in [1.807, 2.05) is 0 Å². The van der Waals surface area contributed by atoms with Gasteiger partial charge in [-0.3, -0.25) is 77.1 Å². The van der Waals surface area contributed by atoms with Crippen LogP contribution < -0.4 is 54.4 Å². The molecule has 0 aliphatic carbocycles. The minimum atomic E-state index is -4.54. The number of hydrogen-bond donors (Lipinski definition) is 4. The number of fused-ring (bicyclic) bond motifs is 4. The highest BCUT2D eigenvalue weighted by atomic mass is 32.2. The number of benzene rings is 8. The molecular weight excluding hydrogens is 1720 g/mol. The third-order valence-corrected chi connectivity index (χ3v) is 22.1. The number of nitrogens with one attached hydrogen (secondary N) is 4. The summed E-state index contributed by atoms with van der Waals surface area (Å²) in [4.78, 5) is 156. The summed E-state index contributed by atoms with van der Waals surface area (Å²) in [7, 11) is -10.3. The smallest absolute Gasteiger partial charge is 0.264 e. The number of amides is 12. The van der Waals surface area contributed by atoms with Crippen molar-refractivity contribution < 1.29 is 137 Å². The number of nitrogens with zero attached hydrogens (tertiary/aromatic N) is 4. The molecule has 4 aliphatic rings. The Morgan fingerprint density at radius 3 is 0.881 bits per heavy atom. The Morgan fingerprint density at radius 2 is 0.603 bits per heavy atom. The Morgan fingerprint density at radius 1 is 0.341 bits per heavy atom. The van der Waals surface area contributed by atoms with Crippen LogP contribution in [-0.2, 0) is 58.5 Å². The molecule has 668 valence electrons. The number of anilines is 4. The van der Waals surface area contributed by atoms with Gasteiger partial charge in [0.05, 0.1) is 172 Å². The van der Waals surface area contributed by atoms with E-state index in [-0.39, 0.29) is 124 Å². The first kappa shape index (κ1) is 83.5. The Hall–Kier alpha value is -13.4. The summed E-state index contributed by atoms with van der Waals surface area (Å²) in [5.74, 6) is -9.85. The SMILES string of the molecule is COc1ccc(C(CS(C)(=O)=O)N2C(=O)c3cccc(NC(C)=O)c3C2=O)cc1C.[2H]C([2H])(C)Oc1cc(C(CS(C)(=O)=O)N2C(=O)c3cccc(NC(C)=O)c3C2=O)ccc1OC.[2H]C([2H])(C)Oc1cc(C(N2C(=O)c3cccc(NC(C)=O)c3C2=O)C([2H])([2H])S(C)(=O)=O)ccc1OC.[2H]C([2H])(C)Oc1cc(C([2H])(CS(C)(=O)=O)N2C(=O)c3cccc(NC(C)=O)c3C2=O)ccc1OC. The summed E-state index contributed by atoms with van der Waals surface area (Å²) in [6.45, 7) is 3.77. The molecule has 4 N–H and O–H groups in total. The number of hydrogen-bond acceptors (Lipinski definition) is 27. The second-order valence-corrected chi connectivity index (χ2v) is 36.7. The van der Waals surface area contributed by atoms with Crippen molar-refractivity contribution in [2.45, 2.75) is 79.5 Å². The van der Waals surface area contributed by atoms with Crippen LogP contribution >= 0.6 is 0 Å². The average Bonchev–Trinajstić information content (AvgIpc) is 1.60. The van der Waals surface area contributed by atoms with Crippen LogP contribution in [0.4, 0.5) is 22.7 Å². The second kappa shape index (κ2) is 40.1. The highest BCUT2D eigenvalue weighted by molar-refractivity contribution is 7.91. The predicted molar refractivity (Wildman–Crippen MR) is 465 cm³/mol. The molecule has 0 saturated carbocycles. The number of carbonyl (C=O) groups excluding carboxylic acids is 12. The van der Waals surface area contributed by atoms with Gasteiger partial charge in [0.1, 0.15) is 45.1 Å². The van der Waals surface area contributed by atoms with Crippen LogP contribution in [0.5, 0.6) is 40.2 Å². The van der Waals surface area contributed by atoms with Crippen LogP contribution in [0.15, 0.2) is 146 Å². The Bertz CT molecular complexity index is 6690. The number of imide groups is 4. The largest absolute Gasteiger partial charge is 0.496 e. The number of methoxy groups -OCH3 is 4. The molecule has 0 bridgehead atoms. The van der Waals surface area contributed by atoms with Crippen LogP contribution in [0.25, 0.3) is 0 Å². The topological polar surface area (TPSA) is 467 Å². The number of ether oxygens (including phenoxy) is 7. The summed E-state index contributed by atoms with van der Waals surface area (Å²) in [6, 6.07) is 27.3. The summed E-state index contributed by atoms with van der Waals surface area (Å²) in [5, 5.41) is 9.99. The molecule has 4 unspecified atom stereocenters. The van der Waals surface area contributed by atoms with Crippen molar-refractivity contribution >= 4 is 133 Å². The lowest BCUT2D eigenvalue weighted by Gasteiger charge is -2.27. The van der Waals surface area contributed by atoms with Gasteiger partial charge in [0.25, 0.3) is 47.3 Å². The van der Waals surface area contributed by atoms with Crippen molar-refractivity contribution in [3.63, 3.8) is 0 Å². The lowest BCUT2D eigenvalue weighted by molar-refractivity contribution is -0.115. The van der Waals surface area contributed by atoms with Crippen molar-refractivity contribution in [2.75, 3.05) is 117 Å². The number of sulfone groups is 4. The number of aryl methyl sites for hydroxylation is 1. The first-order valence-electron chi connectivity index (χ1n) is 42.0. The molecule has 8 aromatic carbocycles. The van der Waals surface area contributed by atoms with E-state index in [1.54, 1.807) is 31.2 Å². The van der Waals surface area contributed by atoms with Crippen LogP contribution in [0, 0.1) is 6.92 Å². The molecule has 0 fully saturated rings. The quantitative estimate of drug-likeness (QED) is 0.0304. The fourth-order valence-corrected chi connectivity index (χ4v) is 17.2. The summed E-state index contributed by atoms with van der Waals surface area (Å²) >= 11 is 0. The van der Waals surface area contributed by atoms with E-state index in [9.17, 15) is 91.2 Å². The number of carbonyl (C=O) groups is 12. The zero-order valence-corrected chi connectivity index (χ0v) is 73.9. The van der Waals surface area contributed by atoms with Gasteiger partial charge in [-0.1, -0.05) is 54.6 Å². The van der Waals surface area contributed by atoms with Crippen LogP contribution in [0.2, 0.25) is 0 Å². The van der Waals surface area contributed by atoms with Gasteiger partial charge >= 0.3 is 0 Å². The third kappa shape index (κ3) is 22.4. The standard InChI is InChI=1S/3C22H24N2O7S.C21H22N2O6S/c3*1-5-31-19-11-14(9-10-18(19)30-3)17(12-32(4,28)29)24-21(26)15-7-6-8-16(23-13(2)25)20(15)22(24)27;1-12-10-14(8-9-18(12)29-3)17(11-30(4,27)28)23-20(25)15-6-5-7-16(22-13(2)24)19(15)21(23)26/h3*6-11,17H,5,12H2,1-4H3,(H,23,25);5-10,17H,11H2,1-4H3,(H,22,24)/i5D2,17D;5D2,12D2;5D2;. The molecule has 0 aromatic heterocycles. The molecule has 0 radical (unpaired) electrons. The van der Waals surface area contributed by atoms with Gasteiger partial charge in [-0.05, 0) is 147 Å². The minimum absolute atomic E-state index is 0.0115. The molecule has 12 amide bonds. The van der Waals surface area contributed by atoms with Crippen molar-refractivity contribution in [1.82, 2.24) is 19.6 Å². The maximum absolute atomic E-state index is 13.5. The van der Waals surface area contributed by atoms with Crippen molar-refractivity contribution in [1.29, 1.82) is 0 Å². The van der Waals surface area contributed by atoms with E-state index in [0.29, 0.717) is 27.4 Å². The summed E-state index contributed by atoms with van der Waals surface area (Å²) in [5.41, 5.74) is -2.02. The van der Waals surface area contributed by atoms with Gasteiger partial charge in [-0.15, -0.1) is 0 Å². The van der Waals surface area contributed by atoms with Crippen LogP contribution in [0.1, 0.15) is 196 Å². The fourth-order valence-electron chi connectivity index (χ4n) is 13.9. The molecular formula is C87H94N8O27S4. The molecule has 12 rings (SSSR count). The van der Waals surface area contributed by atoms with Gasteiger partial charge in [0.15, 0.2) is 34.5 Å². The van der Waals surface area contributed by atoms with Crippen molar-refractivity contribution in [3.8, 4) is 40.2 Å². The fraction of sp³-hybridized carbons (Fsp3) is 0.310. The van der Waals surface area contributed by atoms with Crippen molar-refractivity contribution in [3.05, 3.63) is 218 Å². The van der Waals surface area contributed by atoms with E-state index in [4.69, 9.17) is 45.5 Å². The molecule has 4 atom stereocenters. The van der Waals surface area contributed by atoms with Crippen LogP contribution in [0.3, 0.4) is 0 Å². The van der Waals surface area contributed by atoms with Gasteiger partial charge in [-0.25, -0.2) is 33.7 Å². The normalized spacial score (nSPS) is 16.0. The molecule has 0 spiro atoms. The molecule has 8 aromatic rings. The molecule has 4 heterocycles. The maximum atomic E-state index is 13.5. The Kier molecular flexibility index (Phi) is 26.5. The molecule has 0 saturated heterocycles. The zero-order chi connectivity index (χ0) is 101. The lowest BCUT2D eigenvalue weighted by atomic mass is 10.0. The molecule has 4 aliphatic heterocycles. The maximum Gasteiger partial charge on any atom is 0.264 e.